The van der Waals surface area contributed by atoms with Gasteiger partial charge in [-0.2, -0.15) is 5.26 Å². The molecule has 60 valence electrons. The van der Waals surface area contributed by atoms with Crippen molar-refractivity contribution in [1.29, 1.82) is 5.26 Å². The zero-order chi connectivity index (χ0) is 8.06. The van der Waals surface area contributed by atoms with Gasteiger partial charge in [-0.3, -0.25) is 0 Å². The summed E-state index contributed by atoms with van der Waals surface area (Å²) in [5, 5.41) is 12.0. The molecule has 2 nitrogen and oxygen atoms in total. The lowest BCUT2D eigenvalue weighted by Crippen LogP contribution is -2.44. The number of hydrogen-bond donors (Lipinski definition) is 1. The Hall–Kier alpha value is -0.550. The molecule has 3 atom stereocenters. The third-order valence-electron chi connectivity index (χ3n) is 3.41. The smallest absolute Gasteiger partial charge is 0.0985 e. The Morgan fingerprint density at radius 2 is 2.27 bits per heavy atom. The molecule has 1 aliphatic heterocycles. The highest BCUT2D eigenvalue weighted by Crippen LogP contribution is 2.54. The van der Waals surface area contributed by atoms with Crippen molar-refractivity contribution in [2.24, 2.45) is 17.3 Å². The predicted octanol–water partition coefficient (Wildman–Crippen LogP) is 1.14. The summed E-state index contributed by atoms with van der Waals surface area (Å²) in [6.07, 6.45) is 1.23. The summed E-state index contributed by atoms with van der Waals surface area (Å²) < 4.78 is 0. The van der Waals surface area contributed by atoms with Crippen LogP contribution in [0.15, 0.2) is 0 Å². The number of nitrogens with one attached hydrogen (secondary N) is 1. The normalized spacial score (nSPS) is 45.7. The summed E-state index contributed by atoms with van der Waals surface area (Å²) in [7, 11) is 0. The number of rotatable bonds is 0. The van der Waals surface area contributed by atoms with Crippen LogP contribution >= 0.6 is 0 Å². The molecule has 1 heterocycles. The highest BCUT2D eigenvalue weighted by atomic mass is 15.0. The van der Waals surface area contributed by atoms with Crippen LogP contribution in [0.2, 0.25) is 0 Å². The lowest BCUT2D eigenvalue weighted by molar-refractivity contribution is 0.0220. The third-order valence-corrected chi connectivity index (χ3v) is 3.41. The van der Waals surface area contributed by atoms with Crippen molar-refractivity contribution in [2.45, 2.75) is 26.3 Å². The molecule has 1 N–H and O–H groups in total. The lowest BCUT2D eigenvalue weighted by Gasteiger charge is -2.48. The van der Waals surface area contributed by atoms with E-state index in [0.717, 1.165) is 12.5 Å². The second-order valence-corrected chi connectivity index (χ2v) is 4.48. The average molecular weight is 150 g/mol. The topological polar surface area (TPSA) is 35.8 Å². The summed E-state index contributed by atoms with van der Waals surface area (Å²) in [6, 6.07) is 2.47. The Labute approximate surface area is 67.6 Å². The number of nitriles is 1. The first-order chi connectivity index (χ1) is 5.15. The van der Waals surface area contributed by atoms with E-state index in [0.29, 0.717) is 11.3 Å². The Kier molecular flexibility index (Phi) is 1.28. The highest BCUT2D eigenvalue weighted by Gasteiger charge is 2.53. The van der Waals surface area contributed by atoms with E-state index < -0.39 is 0 Å². The standard InChI is InChI=1S/C9H14N2/c1-9(2)3-6-7(9)5-11-8(6)4-10/h6-8,11H,3,5H2,1-2H3/t6-,7-,8+/m0/s1. The summed E-state index contributed by atoms with van der Waals surface area (Å²) in [4.78, 5) is 0. The van der Waals surface area contributed by atoms with Gasteiger partial charge in [0.05, 0.1) is 12.1 Å². The minimum atomic E-state index is 0.146. The van der Waals surface area contributed by atoms with E-state index in [-0.39, 0.29) is 6.04 Å². The van der Waals surface area contributed by atoms with Crippen molar-refractivity contribution in [2.75, 3.05) is 6.54 Å². The van der Waals surface area contributed by atoms with Crippen LogP contribution in [0.3, 0.4) is 0 Å². The second-order valence-electron chi connectivity index (χ2n) is 4.48. The fourth-order valence-corrected chi connectivity index (χ4v) is 2.64. The number of fused-ring (bicyclic) bond motifs is 1. The molecule has 2 aliphatic rings. The van der Waals surface area contributed by atoms with Crippen molar-refractivity contribution in [3.8, 4) is 6.07 Å². The van der Waals surface area contributed by atoms with Gasteiger partial charge < -0.3 is 5.32 Å². The van der Waals surface area contributed by atoms with Crippen LogP contribution in [0.5, 0.6) is 0 Å². The Balaban J connectivity index is 2.10. The van der Waals surface area contributed by atoms with E-state index >= 15 is 0 Å². The maximum Gasteiger partial charge on any atom is 0.0985 e. The van der Waals surface area contributed by atoms with Gasteiger partial charge in [0.2, 0.25) is 0 Å². The molecule has 0 bridgehead atoms. The van der Waals surface area contributed by atoms with Gasteiger partial charge in [0.15, 0.2) is 0 Å². The van der Waals surface area contributed by atoms with Gasteiger partial charge in [-0.1, -0.05) is 13.8 Å². The van der Waals surface area contributed by atoms with Crippen LogP contribution in [0.25, 0.3) is 0 Å². The molecule has 1 saturated heterocycles. The number of hydrogen-bond acceptors (Lipinski definition) is 2. The predicted molar refractivity (Wildman–Crippen MR) is 42.8 cm³/mol. The average Bonchev–Trinajstić information content (AvgIpc) is 2.27. The van der Waals surface area contributed by atoms with Gasteiger partial charge in [0, 0.05) is 6.54 Å². The van der Waals surface area contributed by atoms with Crippen molar-refractivity contribution in [1.82, 2.24) is 5.32 Å². The molecule has 0 aromatic heterocycles. The first kappa shape index (κ1) is 7.12. The Morgan fingerprint density at radius 1 is 1.55 bits per heavy atom. The van der Waals surface area contributed by atoms with E-state index in [1.165, 1.54) is 6.42 Å². The van der Waals surface area contributed by atoms with Crippen molar-refractivity contribution in [3.63, 3.8) is 0 Å². The fourth-order valence-electron chi connectivity index (χ4n) is 2.64. The highest BCUT2D eigenvalue weighted by molar-refractivity contribution is 5.12. The van der Waals surface area contributed by atoms with Gasteiger partial charge in [0.1, 0.15) is 0 Å². The molecule has 2 heteroatoms. The van der Waals surface area contributed by atoms with Gasteiger partial charge in [-0.15, -0.1) is 0 Å². The first-order valence-electron chi connectivity index (χ1n) is 4.28. The van der Waals surface area contributed by atoms with Crippen LogP contribution in [-0.2, 0) is 0 Å². The lowest BCUT2D eigenvalue weighted by atomic mass is 9.56. The molecule has 0 unspecified atom stereocenters. The van der Waals surface area contributed by atoms with Crippen molar-refractivity contribution >= 4 is 0 Å². The maximum absolute atomic E-state index is 8.75. The molecule has 0 aromatic carbocycles. The van der Waals surface area contributed by atoms with Gasteiger partial charge in [-0.25, -0.2) is 0 Å². The largest absolute Gasteiger partial charge is 0.301 e. The zero-order valence-corrected chi connectivity index (χ0v) is 7.09. The summed E-state index contributed by atoms with van der Waals surface area (Å²) >= 11 is 0. The number of nitrogens with zero attached hydrogens (tertiary/aromatic N) is 1. The van der Waals surface area contributed by atoms with Crippen LogP contribution in [0.4, 0.5) is 0 Å². The molecular weight excluding hydrogens is 136 g/mol. The minimum Gasteiger partial charge on any atom is -0.301 e. The summed E-state index contributed by atoms with van der Waals surface area (Å²) in [6.45, 7) is 5.65. The van der Waals surface area contributed by atoms with Crippen LogP contribution < -0.4 is 5.32 Å². The quantitative estimate of drug-likeness (QED) is 0.562. The minimum absolute atomic E-state index is 0.146. The third kappa shape index (κ3) is 0.810. The molecule has 0 radical (unpaired) electrons. The van der Waals surface area contributed by atoms with E-state index in [4.69, 9.17) is 5.26 Å². The Bertz CT molecular complexity index is 214. The van der Waals surface area contributed by atoms with Gasteiger partial charge >= 0.3 is 0 Å². The zero-order valence-electron chi connectivity index (χ0n) is 7.09. The molecule has 0 amide bonds. The van der Waals surface area contributed by atoms with Gasteiger partial charge in [0.25, 0.3) is 0 Å². The molecular formula is C9H14N2. The van der Waals surface area contributed by atoms with E-state index in [9.17, 15) is 0 Å². The molecule has 2 rings (SSSR count). The fraction of sp³-hybridized carbons (Fsp3) is 0.889. The first-order valence-corrected chi connectivity index (χ1v) is 4.28. The van der Waals surface area contributed by atoms with Crippen LogP contribution in [0, 0.1) is 28.6 Å². The molecule has 0 aromatic rings. The molecule has 1 saturated carbocycles. The van der Waals surface area contributed by atoms with E-state index in [1.807, 2.05) is 0 Å². The summed E-state index contributed by atoms with van der Waals surface area (Å²) in [5.74, 6) is 1.40. The van der Waals surface area contributed by atoms with E-state index in [2.05, 4.69) is 25.2 Å². The maximum atomic E-state index is 8.75. The van der Waals surface area contributed by atoms with Crippen LogP contribution in [0.1, 0.15) is 20.3 Å². The van der Waals surface area contributed by atoms with Gasteiger partial charge in [-0.05, 0) is 23.7 Å². The SMILES string of the molecule is CC1(C)C[C@@H]2[C@@H](C#N)NC[C@@H]21. The molecule has 2 fully saturated rings. The second kappa shape index (κ2) is 1.98. The van der Waals surface area contributed by atoms with Crippen LogP contribution in [-0.4, -0.2) is 12.6 Å². The van der Waals surface area contributed by atoms with E-state index in [1.54, 1.807) is 0 Å². The Morgan fingerprint density at radius 3 is 2.73 bits per heavy atom. The van der Waals surface area contributed by atoms with Crippen molar-refractivity contribution < 1.29 is 0 Å². The van der Waals surface area contributed by atoms with Crippen molar-refractivity contribution in [3.05, 3.63) is 0 Å². The summed E-state index contributed by atoms with van der Waals surface area (Å²) in [5.41, 5.74) is 0.489. The monoisotopic (exact) mass is 150 g/mol. The molecule has 11 heavy (non-hydrogen) atoms. The molecule has 0 spiro atoms. The molecule has 1 aliphatic carbocycles.